The molecule has 8 unspecified atom stereocenters. The van der Waals surface area contributed by atoms with Crippen LogP contribution in [0.3, 0.4) is 0 Å². The number of ether oxygens (including phenoxy) is 2. The number of hydrogen-bond acceptors (Lipinski definition) is 7. The van der Waals surface area contributed by atoms with Gasteiger partial charge in [0, 0.05) is 11.3 Å². The van der Waals surface area contributed by atoms with E-state index in [0.717, 1.165) is 37.7 Å². The van der Waals surface area contributed by atoms with Gasteiger partial charge in [0.15, 0.2) is 11.6 Å². The van der Waals surface area contributed by atoms with E-state index >= 15 is 0 Å². The summed E-state index contributed by atoms with van der Waals surface area (Å²) in [7, 11) is 2.71. The molecule has 0 aromatic carbocycles. The molecule has 5 rings (SSSR count). The van der Waals surface area contributed by atoms with E-state index in [2.05, 4.69) is 20.8 Å². The second kappa shape index (κ2) is 8.63. The highest BCUT2D eigenvalue weighted by Crippen LogP contribution is 2.69. The minimum absolute atomic E-state index is 0.0263. The normalized spacial score (nSPS) is 43.1. The van der Waals surface area contributed by atoms with Crippen molar-refractivity contribution in [1.29, 1.82) is 5.26 Å². The number of Topliss-reactive ketones (excluding diaryl/α,β-unsaturated/α-hetero) is 1. The van der Waals surface area contributed by atoms with Crippen molar-refractivity contribution in [2.24, 2.45) is 51.2 Å². The number of methoxy groups -OCH3 is 2. The molecule has 5 aliphatic rings. The van der Waals surface area contributed by atoms with Crippen molar-refractivity contribution >= 4 is 23.5 Å². The van der Waals surface area contributed by atoms with E-state index in [9.17, 15) is 24.4 Å². The topological polar surface area (TPSA) is 111 Å². The number of rotatable bonds is 2. The average molecular weight is 522 g/mol. The number of nitrogens with zero attached hydrogens (tertiary/aromatic N) is 1. The predicted molar refractivity (Wildman–Crippen MR) is 138 cm³/mol. The molecule has 0 heterocycles. The number of fused-ring (bicyclic) bond motifs is 7. The van der Waals surface area contributed by atoms with Crippen LogP contribution in [0.25, 0.3) is 0 Å². The number of carbonyl (C=O) groups is 4. The maximum absolute atomic E-state index is 14.2. The Balaban J connectivity index is 1.65. The summed E-state index contributed by atoms with van der Waals surface area (Å²) < 4.78 is 10.4. The zero-order valence-electron chi connectivity index (χ0n) is 23.4. The first kappa shape index (κ1) is 26.8. The molecular formula is C31H39NO6. The smallest absolute Gasteiger partial charge is 0.316 e. The molecule has 0 N–H and O–H groups in total. The summed E-state index contributed by atoms with van der Waals surface area (Å²) in [6.45, 7) is 8.63. The maximum atomic E-state index is 14.2. The molecule has 0 saturated heterocycles. The molecule has 7 nitrogen and oxygen atoms in total. The Morgan fingerprint density at radius 3 is 2.26 bits per heavy atom. The lowest BCUT2D eigenvalue weighted by Crippen LogP contribution is -2.61. The molecule has 5 aliphatic carbocycles. The summed E-state index contributed by atoms with van der Waals surface area (Å²) in [5.41, 5.74) is -0.880. The first-order chi connectivity index (χ1) is 17.8. The van der Waals surface area contributed by atoms with Gasteiger partial charge in [-0.15, -0.1) is 0 Å². The van der Waals surface area contributed by atoms with Crippen LogP contribution in [0.5, 0.6) is 0 Å². The standard InChI is InChI=1S/C31H39NO6/c1-28(2)11-12-31(27(36)38-6)10-8-18-23(20(31)15-28)21(33)13-22-29(18,3)9-7-19-24(26(35)37-5)25(34)17(16-32)14-30(19,22)4/h13-14,18-20,23-24H,7-12,15H2,1-6H3. The van der Waals surface area contributed by atoms with E-state index < -0.39 is 28.5 Å². The molecule has 0 amide bonds. The zero-order chi connectivity index (χ0) is 27.8. The number of carbonyl (C=O) groups excluding carboxylic acids is 4. The van der Waals surface area contributed by atoms with Crippen LogP contribution in [-0.2, 0) is 28.7 Å². The quantitative estimate of drug-likeness (QED) is 0.381. The molecular weight excluding hydrogens is 482 g/mol. The van der Waals surface area contributed by atoms with Crippen molar-refractivity contribution in [3.05, 3.63) is 23.3 Å². The highest BCUT2D eigenvalue weighted by Gasteiger charge is 2.67. The Morgan fingerprint density at radius 2 is 1.63 bits per heavy atom. The van der Waals surface area contributed by atoms with Gasteiger partial charge in [0.1, 0.15) is 12.0 Å². The zero-order valence-corrected chi connectivity index (χ0v) is 23.4. The molecule has 3 saturated carbocycles. The van der Waals surface area contributed by atoms with Gasteiger partial charge in [0.05, 0.1) is 25.2 Å². The third kappa shape index (κ3) is 3.44. The molecule has 0 aliphatic heterocycles. The van der Waals surface area contributed by atoms with Crippen molar-refractivity contribution in [3.63, 3.8) is 0 Å². The fourth-order valence-electron chi connectivity index (χ4n) is 9.52. The SMILES string of the molecule is COC(=O)C1C(=O)C(C#N)=CC2(C)C3=CC(=O)C4C(CCC5(C(=O)OC)CCC(C)(C)CC45)C3(C)CCC12. The monoisotopic (exact) mass is 521 g/mol. The fourth-order valence-corrected chi connectivity index (χ4v) is 9.52. The lowest BCUT2D eigenvalue weighted by Gasteiger charge is -2.63. The van der Waals surface area contributed by atoms with Gasteiger partial charge in [-0.3, -0.25) is 19.2 Å². The van der Waals surface area contributed by atoms with Crippen LogP contribution in [0.4, 0.5) is 0 Å². The van der Waals surface area contributed by atoms with E-state index in [1.165, 1.54) is 14.2 Å². The van der Waals surface area contributed by atoms with Gasteiger partial charge in [-0.05, 0) is 79.6 Å². The lowest BCUT2D eigenvalue weighted by molar-refractivity contribution is -0.178. The summed E-state index contributed by atoms with van der Waals surface area (Å²) in [6, 6.07) is 2.01. The van der Waals surface area contributed by atoms with E-state index in [4.69, 9.17) is 9.47 Å². The number of allylic oxidation sites excluding steroid dienone is 4. The number of ketones is 2. The van der Waals surface area contributed by atoms with Gasteiger partial charge in [0.2, 0.25) is 0 Å². The molecule has 0 aromatic heterocycles. The largest absolute Gasteiger partial charge is 0.469 e. The van der Waals surface area contributed by atoms with Crippen molar-refractivity contribution in [2.75, 3.05) is 14.2 Å². The van der Waals surface area contributed by atoms with E-state index in [1.807, 2.05) is 13.0 Å². The molecule has 0 spiro atoms. The predicted octanol–water partition coefficient (Wildman–Crippen LogP) is 4.75. The van der Waals surface area contributed by atoms with Crippen LogP contribution in [0.1, 0.15) is 72.6 Å². The second-order valence-electron chi connectivity index (χ2n) is 13.6. The summed E-state index contributed by atoms with van der Waals surface area (Å²) in [5, 5.41) is 9.80. The Kier molecular flexibility index (Phi) is 6.09. The molecule has 0 aromatic rings. The highest BCUT2D eigenvalue weighted by molar-refractivity contribution is 6.12. The number of nitriles is 1. The van der Waals surface area contributed by atoms with Gasteiger partial charge in [-0.25, -0.2) is 0 Å². The van der Waals surface area contributed by atoms with Crippen LogP contribution in [0.2, 0.25) is 0 Å². The van der Waals surface area contributed by atoms with Gasteiger partial charge < -0.3 is 9.47 Å². The third-order valence-electron chi connectivity index (χ3n) is 11.4. The summed E-state index contributed by atoms with van der Waals surface area (Å²) in [4.78, 5) is 53.4. The molecule has 0 bridgehead atoms. The molecule has 38 heavy (non-hydrogen) atoms. The second-order valence-corrected chi connectivity index (χ2v) is 13.6. The van der Waals surface area contributed by atoms with E-state index in [0.29, 0.717) is 12.8 Å². The van der Waals surface area contributed by atoms with Gasteiger partial charge in [-0.2, -0.15) is 5.26 Å². The van der Waals surface area contributed by atoms with Crippen LogP contribution in [0.15, 0.2) is 23.3 Å². The summed E-state index contributed by atoms with van der Waals surface area (Å²) in [6.07, 6.45) is 8.70. The first-order valence-electron chi connectivity index (χ1n) is 13.9. The average Bonchev–Trinajstić information content (AvgIpc) is 2.88. The molecule has 8 atom stereocenters. The van der Waals surface area contributed by atoms with Crippen molar-refractivity contribution in [2.45, 2.75) is 72.6 Å². The number of esters is 2. The van der Waals surface area contributed by atoms with E-state index in [1.54, 1.807) is 12.2 Å². The van der Waals surface area contributed by atoms with Crippen molar-refractivity contribution in [1.82, 2.24) is 0 Å². The highest BCUT2D eigenvalue weighted by atomic mass is 16.5. The Hall–Kier alpha value is -2.75. The maximum Gasteiger partial charge on any atom is 0.316 e. The molecule has 3 fully saturated rings. The van der Waals surface area contributed by atoms with Crippen molar-refractivity contribution < 1.29 is 28.7 Å². The van der Waals surface area contributed by atoms with E-state index in [-0.39, 0.29) is 51.8 Å². The summed E-state index contributed by atoms with van der Waals surface area (Å²) in [5.74, 6) is -3.04. The van der Waals surface area contributed by atoms with Crippen LogP contribution < -0.4 is 0 Å². The Morgan fingerprint density at radius 1 is 0.947 bits per heavy atom. The van der Waals surface area contributed by atoms with Crippen molar-refractivity contribution in [3.8, 4) is 6.07 Å². The minimum Gasteiger partial charge on any atom is -0.469 e. The van der Waals surface area contributed by atoms with Gasteiger partial charge in [-0.1, -0.05) is 39.3 Å². The molecule has 7 heteroatoms. The number of hydrogen-bond donors (Lipinski definition) is 0. The van der Waals surface area contributed by atoms with Gasteiger partial charge in [0.25, 0.3) is 0 Å². The van der Waals surface area contributed by atoms with Gasteiger partial charge >= 0.3 is 11.9 Å². The van der Waals surface area contributed by atoms with Crippen LogP contribution in [0, 0.1) is 62.6 Å². The van der Waals surface area contributed by atoms with Crippen LogP contribution in [-0.4, -0.2) is 37.7 Å². The third-order valence-corrected chi connectivity index (χ3v) is 11.4. The summed E-state index contributed by atoms with van der Waals surface area (Å²) >= 11 is 0. The minimum atomic E-state index is -1.06. The lowest BCUT2D eigenvalue weighted by atomic mass is 9.39. The first-order valence-corrected chi connectivity index (χ1v) is 13.9. The molecule has 0 radical (unpaired) electrons. The fraction of sp³-hybridized carbons (Fsp3) is 0.710. The Labute approximate surface area is 225 Å². The van der Waals surface area contributed by atoms with Crippen LogP contribution >= 0.6 is 0 Å². The Bertz CT molecular complexity index is 1220. The molecule has 204 valence electrons.